The van der Waals surface area contributed by atoms with Gasteiger partial charge in [0.15, 0.2) is 0 Å². The molecule has 0 radical (unpaired) electrons. The highest BCUT2D eigenvalue weighted by Gasteiger charge is 2.35. The molecular formula is C24H26O5. The van der Waals surface area contributed by atoms with E-state index >= 15 is 0 Å². The fraction of sp³-hybridized carbons (Fsp3) is 0.333. The Hall–Kier alpha value is -2.92. The van der Waals surface area contributed by atoms with Crippen LogP contribution in [0.2, 0.25) is 0 Å². The van der Waals surface area contributed by atoms with Crippen molar-refractivity contribution < 1.29 is 24.2 Å². The Morgan fingerprint density at radius 3 is 1.97 bits per heavy atom. The van der Waals surface area contributed by atoms with Crippen LogP contribution in [0.4, 0.5) is 0 Å². The number of rotatable bonds is 7. The third kappa shape index (κ3) is 6.03. The zero-order valence-electron chi connectivity index (χ0n) is 16.3. The maximum atomic E-state index is 12.6. The van der Waals surface area contributed by atoms with Crippen molar-refractivity contribution in [1.82, 2.24) is 0 Å². The molecular weight excluding hydrogens is 368 g/mol. The summed E-state index contributed by atoms with van der Waals surface area (Å²) in [6.45, 7) is 0.104. The van der Waals surface area contributed by atoms with E-state index in [2.05, 4.69) is 6.08 Å². The molecule has 0 bridgehead atoms. The van der Waals surface area contributed by atoms with Crippen LogP contribution in [-0.4, -0.2) is 35.9 Å². The minimum absolute atomic E-state index is 0.104. The number of hydrogen-bond acceptors (Lipinski definition) is 5. The summed E-state index contributed by atoms with van der Waals surface area (Å²) < 4.78 is 11.5. The van der Waals surface area contributed by atoms with E-state index in [4.69, 9.17) is 14.6 Å². The van der Waals surface area contributed by atoms with Crippen molar-refractivity contribution >= 4 is 11.9 Å². The largest absolute Gasteiger partial charge is 0.455 e. The molecule has 29 heavy (non-hydrogen) atoms. The Kier molecular flexibility index (Phi) is 7.59. The van der Waals surface area contributed by atoms with Gasteiger partial charge < -0.3 is 14.6 Å². The first-order valence-electron chi connectivity index (χ1n) is 9.97. The summed E-state index contributed by atoms with van der Waals surface area (Å²) in [5.41, 5.74) is 0.948. The average molecular weight is 394 g/mol. The number of aliphatic hydroxyl groups is 1. The van der Waals surface area contributed by atoms with Crippen molar-refractivity contribution in [2.45, 2.75) is 37.9 Å². The number of carbonyl (C=O) groups is 2. The van der Waals surface area contributed by atoms with E-state index in [1.807, 2.05) is 18.2 Å². The molecule has 152 valence electrons. The first kappa shape index (κ1) is 20.8. The third-order valence-electron chi connectivity index (χ3n) is 5.01. The SMILES string of the molecule is O=C(O[C@H]1CC(/C=C/CCO)CC[C@H]1OC(=O)c1ccccc1)c1ccccc1. The van der Waals surface area contributed by atoms with E-state index in [1.54, 1.807) is 48.5 Å². The van der Waals surface area contributed by atoms with Crippen LogP contribution in [0.15, 0.2) is 72.8 Å². The molecule has 0 amide bonds. The van der Waals surface area contributed by atoms with Gasteiger partial charge in [-0.1, -0.05) is 48.6 Å². The number of ether oxygens (including phenoxy) is 2. The van der Waals surface area contributed by atoms with E-state index < -0.39 is 24.1 Å². The van der Waals surface area contributed by atoms with Gasteiger partial charge in [0.2, 0.25) is 0 Å². The number of benzene rings is 2. The summed E-state index contributed by atoms with van der Waals surface area (Å²) in [6, 6.07) is 17.6. The number of carbonyl (C=O) groups excluding carboxylic acids is 2. The summed E-state index contributed by atoms with van der Waals surface area (Å²) in [6.07, 6.45) is 5.59. The lowest BCUT2D eigenvalue weighted by atomic mass is 9.84. The normalized spacial score (nSPS) is 21.6. The molecule has 0 aliphatic heterocycles. The predicted octanol–water partition coefficient (Wildman–Crippen LogP) is 4.18. The lowest BCUT2D eigenvalue weighted by Gasteiger charge is -2.34. The topological polar surface area (TPSA) is 72.8 Å². The second-order valence-electron chi connectivity index (χ2n) is 7.13. The molecule has 1 saturated carbocycles. The molecule has 0 aromatic heterocycles. The molecule has 1 aliphatic rings. The standard InChI is InChI=1S/C24H26O5/c25-16-8-7-9-18-14-15-21(28-23(26)19-10-3-1-4-11-19)22(17-18)29-24(27)20-12-5-2-6-13-20/h1-7,9-13,18,21-22,25H,8,14-17H2/b9-7+/t18?,21-,22+/m1/s1. The van der Waals surface area contributed by atoms with Gasteiger partial charge in [0.25, 0.3) is 0 Å². The van der Waals surface area contributed by atoms with Gasteiger partial charge in [-0.25, -0.2) is 9.59 Å². The van der Waals surface area contributed by atoms with Crippen LogP contribution < -0.4 is 0 Å². The lowest BCUT2D eigenvalue weighted by molar-refractivity contribution is -0.0573. The molecule has 0 heterocycles. The monoisotopic (exact) mass is 394 g/mol. The van der Waals surface area contributed by atoms with E-state index in [0.717, 1.165) is 6.42 Å². The van der Waals surface area contributed by atoms with E-state index in [-0.39, 0.29) is 12.5 Å². The van der Waals surface area contributed by atoms with Crippen LogP contribution in [0.25, 0.3) is 0 Å². The Bertz CT molecular complexity index is 816. The van der Waals surface area contributed by atoms with Gasteiger partial charge >= 0.3 is 11.9 Å². The van der Waals surface area contributed by atoms with Gasteiger partial charge in [-0.2, -0.15) is 0 Å². The molecule has 2 aromatic rings. The molecule has 1 N–H and O–H groups in total. The number of hydrogen-bond donors (Lipinski definition) is 1. The zero-order chi connectivity index (χ0) is 20.5. The quantitative estimate of drug-likeness (QED) is 0.563. The van der Waals surface area contributed by atoms with Gasteiger partial charge in [0, 0.05) is 6.61 Å². The van der Waals surface area contributed by atoms with Gasteiger partial charge in [0.1, 0.15) is 12.2 Å². The third-order valence-corrected chi connectivity index (χ3v) is 5.01. The Morgan fingerprint density at radius 2 is 1.41 bits per heavy atom. The van der Waals surface area contributed by atoms with Crippen LogP contribution in [0.1, 0.15) is 46.4 Å². The molecule has 1 unspecified atom stereocenters. The minimum atomic E-state index is -0.520. The summed E-state index contributed by atoms with van der Waals surface area (Å²) in [7, 11) is 0. The summed E-state index contributed by atoms with van der Waals surface area (Å²) in [4.78, 5) is 25.1. The maximum absolute atomic E-state index is 12.6. The first-order valence-corrected chi connectivity index (χ1v) is 9.97. The van der Waals surface area contributed by atoms with Crippen molar-refractivity contribution in [1.29, 1.82) is 0 Å². The molecule has 5 nitrogen and oxygen atoms in total. The van der Waals surface area contributed by atoms with Crippen molar-refractivity contribution in [2.24, 2.45) is 5.92 Å². The lowest BCUT2D eigenvalue weighted by Crippen LogP contribution is -2.40. The van der Waals surface area contributed by atoms with Crippen molar-refractivity contribution in [3.05, 3.63) is 83.9 Å². The highest BCUT2D eigenvalue weighted by atomic mass is 16.6. The average Bonchev–Trinajstić information content (AvgIpc) is 2.76. The van der Waals surface area contributed by atoms with Gasteiger partial charge in [0.05, 0.1) is 11.1 Å². The van der Waals surface area contributed by atoms with E-state index in [9.17, 15) is 9.59 Å². The second kappa shape index (κ2) is 10.6. The Labute approximate surface area is 171 Å². The minimum Gasteiger partial charge on any atom is -0.455 e. The number of aliphatic hydroxyl groups excluding tert-OH is 1. The fourth-order valence-corrected chi connectivity index (χ4v) is 3.49. The summed E-state index contributed by atoms with van der Waals surface area (Å²) in [5.74, 6) is -0.621. The van der Waals surface area contributed by atoms with Gasteiger partial charge in [-0.3, -0.25) is 0 Å². The Morgan fingerprint density at radius 1 is 0.862 bits per heavy atom. The molecule has 1 fully saturated rings. The van der Waals surface area contributed by atoms with Crippen LogP contribution in [0, 0.1) is 5.92 Å². The van der Waals surface area contributed by atoms with Crippen LogP contribution in [0.3, 0.4) is 0 Å². The highest BCUT2D eigenvalue weighted by molar-refractivity contribution is 5.90. The molecule has 3 atom stereocenters. The fourth-order valence-electron chi connectivity index (χ4n) is 3.49. The maximum Gasteiger partial charge on any atom is 0.338 e. The molecule has 3 rings (SSSR count). The molecule has 0 spiro atoms. The van der Waals surface area contributed by atoms with E-state index in [0.29, 0.717) is 30.4 Å². The molecule has 1 aliphatic carbocycles. The van der Waals surface area contributed by atoms with Crippen molar-refractivity contribution in [3.8, 4) is 0 Å². The van der Waals surface area contributed by atoms with Crippen molar-refractivity contribution in [3.63, 3.8) is 0 Å². The van der Waals surface area contributed by atoms with Gasteiger partial charge in [-0.05, 0) is 55.9 Å². The highest BCUT2D eigenvalue weighted by Crippen LogP contribution is 2.31. The first-order chi connectivity index (χ1) is 14.2. The molecule has 0 saturated heterocycles. The second-order valence-corrected chi connectivity index (χ2v) is 7.13. The number of allylic oxidation sites excluding steroid dienone is 1. The van der Waals surface area contributed by atoms with Crippen LogP contribution >= 0.6 is 0 Å². The van der Waals surface area contributed by atoms with E-state index in [1.165, 1.54) is 0 Å². The van der Waals surface area contributed by atoms with Crippen LogP contribution in [0.5, 0.6) is 0 Å². The number of esters is 2. The van der Waals surface area contributed by atoms with Crippen LogP contribution in [-0.2, 0) is 9.47 Å². The zero-order valence-corrected chi connectivity index (χ0v) is 16.3. The smallest absolute Gasteiger partial charge is 0.338 e. The summed E-state index contributed by atoms with van der Waals surface area (Å²) >= 11 is 0. The van der Waals surface area contributed by atoms with Crippen molar-refractivity contribution in [2.75, 3.05) is 6.61 Å². The summed E-state index contributed by atoms with van der Waals surface area (Å²) in [5, 5.41) is 8.96. The predicted molar refractivity (Wildman–Crippen MR) is 109 cm³/mol. The van der Waals surface area contributed by atoms with Gasteiger partial charge in [-0.15, -0.1) is 0 Å². The molecule has 5 heteroatoms. The molecule has 2 aromatic carbocycles. The Balaban J connectivity index is 1.70.